The van der Waals surface area contributed by atoms with Crippen molar-refractivity contribution in [2.75, 3.05) is 44.7 Å². The van der Waals surface area contributed by atoms with Gasteiger partial charge in [-0.25, -0.2) is 0 Å². The summed E-state index contributed by atoms with van der Waals surface area (Å²) in [6, 6.07) is 6.59. The highest BCUT2D eigenvalue weighted by molar-refractivity contribution is 5.80. The van der Waals surface area contributed by atoms with Gasteiger partial charge in [-0.1, -0.05) is 12.1 Å². The highest BCUT2D eigenvalue weighted by Crippen LogP contribution is 2.23. The van der Waals surface area contributed by atoms with Gasteiger partial charge in [0, 0.05) is 58.7 Å². The summed E-state index contributed by atoms with van der Waals surface area (Å²) in [6.07, 6.45) is 6.15. The van der Waals surface area contributed by atoms with Gasteiger partial charge in [-0.05, 0) is 49.4 Å². The summed E-state index contributed by atoms with van der Waals surface area (Å²) in [5.41, 5.74) is 5.41. The van der Waals surface area contributed by atoms with Gasteiger partial charge >= 0.3 is 0 Å². The lowest BCUT2D eigenvalue weighted by Crippen LogP contribution is -2.52. The molecule has 146 valence electrons. The van der Waals surface area contributed by atoms with Gasteiger partial charge in [0.05, 0.1) is 6.20 Å². The van der Waals surface area contributed by atoms with Crippen molar-refractivity contribution in [3.63, 3.8) is 0 Å². The third-order valence-electron chi connectivity index (χ3n) is 5.39. The summed E-state index contributed by atoms with van der Waals surface area (Å²) in [5.74, 6) is 1.02. The number of nitrogens with one attached hydrogen (secondary N) is 1. The summed E-state index contributed by atoms with van der Waals surface area (Å²) < 4.78 is 1.86. The highest BCUT2D eigenvalue weighted by atomic mass is 15.3. The molecule has 2 aromatic rings. The molecule has 1 aliphatic rings. The van der Waals surface area contributed by atoms with Crippen molar-refractivity contribution in [1.29, 1.82) is 0 Å². The van der Waals surface area contributed by atoms with Crippen LogP contribution in [-0.2, 0) is 13.5 Å². The third kappa shape index (κ3) is 4.81. The first-order valence-electron chi connectivity index (χ1n) is 9.83. The minimum Gasteiger partial charge on any atom is -0.368 e. The van der Waals surface area contributed by atoms with Crippen molar-refractivity contribution in [2.24, 2.45) is 12.0 Å². The van der Waals surface area contributed by atoms with E-state index in [1.807, 2.05) is 25.0 Å². The van der Waals surface area contributed by atoms with Gasteiger partial charge in [0.1, 0.15) is 0 Å². The first-order chi connectivity index (χ1) is 13.1. The molecule has 1 aliphatic heterocycles. The van der Waals surface area contributed by atoms with Crippen molar-refractivity contribution in [3.8, 4) is 0 Å². The van der Waals surface area contributed by atoms with Crippen LogP contribution in [0, 0.1) is 13.8 Å². The quantitative estimate of drug-likeness (QED) is 0.500. The Morgan fingerprint density at radius 1 is 1.19 bits per heavy atom. The summed E-state index contributed by atoms with van der Waals surface area (Å²) in [5, 5.41) is 7.74. The summed E-state index contributed by atoms with van der Waals surface area (Å²) >= 11 is 0. The van der Waals surface area contributed by atoms with E-state index in [9.17, 15) is 0 Å². The zero-order valence-corrected chi connectivity index (χ0v) is 17.1. The molecule has 0 radical (unpaired) electrons. The van der Waals surface area contributed by atoms with Crippen molar-refractivity contribution >= 4 is 11.6 Å². The van der Waals surface area contributed by atoms with E-state index in [-0.39, 0.29) is 0 Å². The largest absolute Gasteiger partial charge is 0.368 e. The predicted octanol–water partition coefficient (Wildman–Crippen LogP) is 2.37. The maximum atomic E-state index is 4.49. The Morgan fingerprint density at radius 3 is 2.63 bits per heavy atom. The van der Waals surface area contributed by atoms with Gasteiger partial charge in [0.25, 0.3) is 0 Å². The summed E-state index contributed by atoms with van der Waals surface area (Å²) in [7, 11) is 3.84. The second kappa shape index (κ2) is 8.93. The third-order valence-corrected chi connectivity index (χ3v) is 5.39. The van der Waals surface area contributed by atoms with Gasteiger partial charge < -0.3 is 15.1 Å². The number of aromatic nitrogens is 2. The van der Waals surface area contributed by atoms with E-state index in [0.29, 0.717) is 0 Å². The Labute approximate surface area is 162 Å². The van der Waals surface area contributed by atoms with Gasteiger partial charge in [-0.3, -0.25) is 9.67 Å². The molecule has 0 spiro atoms. The molecule has 0 saturated carbocycles. The minimum atomic E-state index is 0.929. The van der Waals surface area contributed by atoms with Crippen LogP contribution in [0.4, 0.5) is 5.69 Å². The number of hydrogen-bond donors (Lipinski definition) is 1. The van der Waals surface area contributed by atoms with Crippen LogP contribution in [0.25, 0.3) is 0 Å². The van der Waals surface area contributed by atoms with E-state index in [4.69, 9.17) is 0 Å². The van der Waals surface area contributed by atoms with E-state index >= 15 is 0 Å². The molecule has 0 atom stereocenters. The zero-order valence-electron chi connectivity index (χ0n) is 17.1. The molecular weight excluding hydrogens is 336 g/mol. The molecule has 1 N–H and O–H groups in total. The molecule has 1 saturated heterocycles. The zero-order chi connectivity index (χ0) is 19.2. The summed E-state index contributed by atoms with van der Waals surface area (Å²) in [6.45, 7) is 9.39. The first-order valence-corrected chi connectivity index (χ1v) is 9.83. The van der Waals surface area contributed by atoms with Crippen LogP contribution in [0.5, 0.6) is 0 Å². The van der Waals surface area contributed by atoms with Crippen LogP contribution in [-0.4, -0.2) is 60.4 Å². The Balaban J connectivity index is 1.46. The van der Waals surface area contributed by atoms with Gasteiger partial charge in [-0.15, -0.1) is 0 Å². The molecule has 27 heavy (non-hydrogen) atoms. The molecule has 1 aromatic heterocycles. The van der Waals surface area contributed by atoms with Crippen LogP contribution in [0.1, 0.15) is 23.1 Å². The number of nitrogens with zero attached hydrogens (tertiary/aromatic N) is 5. The monoisotopic (exact) mass is 368 g/mol. The maximum Gasteiger partial charge on any atom is 0.193 e. The van der Waals surface area contributed by atoms with Crippen molar-refractivity contribution in [1.82, 2.24) is 20.0 Å². The molecule has 0 unspecified atom stereocenters. The lowest BCUT2D eigenvalue weighted by atomic mass is 10.1. The minimum absolute atomic E-state index is 0.929. The SMILES string of the molecule is CN=C(NCCCc1cnn(C)c1)N1CCN(c2cccc(C)c2C)CC1. The number of guanidine groups is 1. The van der Waals surface area contributed by atoms with Crippen LogP contribution >= 0.6 is 0 Å². The average Bonchev–Trinajstić information content (AvgIpc) is 3.10. The highest BCUT2D eigenvalue weighted by Gasteiger charge is 2.20. The number of hydrogen-bond acceptors (Lipinski definition) is 3. The maximum absolute atomic E-state index is 4.49. The Hall–Kier alpha value is -2.50. The molecule has 0 bridgehead atoms. The molecule has 0 amide bonds. The predicted molar refractivity (Wildman–Crippen MR) is 113 cm³/mol. The van der Waals surface area contributed by atoms with E-state index in [1.54, 1.807) is 0 Å². The molecule has 0 aliphatic carbocycles. The van der Waals surface area contributed by atoms with E-state index in [0.717, 1.165) is 51.5 Å². The van der Waals surface area contributed by atoms with Crippen LogP contribution in [0.15, 0.2) is 35.6 Å². The second-order valence-electron chi connectivity index (χ2n) is 7.29. The van der Waals surface area contributed by atoms with Crippen LogP contribution in [0.3, 0.4) is 0 Å². The van der Waals surface area contributed by atoms with Crippen molar-refractivity contribution in [2.45, 2.75) is 26.7 Å². The van der Waals surface area contributed by atoms with Gasteiger partial charge in [0.2, 0.25) is 0 Å². The fourth-order valence-corrected chi connectivity index (χ4v) is 3.66. The molecule has 6 heteroatoms. The fourth-order valence-electron chi connectivity index (χ4n) is 3.66. The topological polar surface area (TPSA) is 48.7 Å². The Kier molecular flexibility index (Phi) is 6.37. The van der Waals surface area contributed by atoms with E-state index in [2.05, 4.69) is 63.5 Å². The number of benzene rings is 1. The number of piperazine rings is 1. The average molecular weight is 369 g/mol. The second-order valence-corrected chi connectivity index (χ2v) is 7.29. The molecule has 6 nitrogen and oxygen atoms in total. The lowest BCUT2D eigenvalue weighted by Gasteiger charge is -2.38. The van der Waals surface area contributed by atoms with E-state index in [1.165, 1.54) is 22.4 Å². The van der Waals surface area contributed by atoms with E-state index < -0.39 is 0 Å². The van der Waals surface area contributed by atoms with Crippen molar-refractivity contribution in [3.05, 3.63) is 47.3 Å². The number of anilines is 1. The van der Waals surface area contributed by atoms with Gasteiger partial charge in [0.15, 0.2) is 5.96 Å². The normalized spacial score (nSPS) is 15.3. The number of aryl methyl sites for hydroxylation is 3. The summed E-state index contributed by atoms with van der Waals surface area (Å²) in [4.78, 5) is 9.35. The molecule has 1 fully saturated rings. The van der Waals surface area contributed by atoms with Crippen LogP contribution in [0.2, 0.25) is 0 Å². The number of rotatable bonds is 5. The molecule has 2 heterocycles. The lowest BCUT2D eigenvalue weighted by molar-refractivity contribution is 0.372. The van der Waals surface area contributed by atoms with Gasteiger partial charge in [-0.2, -0.15) is 5.10 Å². The smallest absolute Gasteiger partial charge is 0.193 e. The Morgan fingerprint density at radius 2 is 1.96 bits per heavy atom. The molecule has 3 rings (SSSR count). The van der Waals surface area contributed by atoms with Crippen LogP contribution < -0.4 is 10.2 Å². The Bertz CT molecular complexity index is 771. The standard InChI is InChI=1S/C21H32N6/c1-17-7-5-9-20(18(17)2)26-11-13-27(14-12-26)21(22-3)23-10-6-8-19-15-24-25(4)16-19/h5,7,9,15-16H,6,8,10-14H2,1-4H3,(H,22,23). The molecule has 1 aromatic carbocycles. The number of aliphatic imine (C=N–C) groups is 1. The molecular formula is C21H32N6. The fraction of sp³-hybridized carbons (Fsp3) is 0.524. The first kappa shape index (κ1) is 19.3. The van der Waals surface area contributed by atoms with Crippen molar-refractivity contribution < 1.29 is 0 Å².